The average Bonchev–Trinajstić information content (AvgIpc) is 3.14. The van der Waals surface area contributed by atoms with Gasteiger partial charge >= 0.3 is 6.18 Å². The molecule has 31 heavy (non-hydrogen) atoms. The maximum Gasteiger partial charge on any atom is 0.416 e. The maximum atomic E-state index is 13.3. The van der Waals surface area contributed by atoms with Crippen molar-refractivity contribution in [2.75, 3.05) is 18.4 Å². The zero-order valence-electron chi connectivity index (χ0n) is 16.1. The van der Waals surface area contributed by atoms with Crippen molar-refractivity contribution in [3.63, 3.8) is 0 Å². The van der Waals surface area contributed by atoms with E-state index in [4.69, 9.17) is 10.00 Å². The first-order chi connectivity index (χ1) is 14.7. The Labute approximate surface area is 175 Å². The van der Waals surface area contributed by atoms with Crippen molar-refractivity contribution in [3.8, 4) is 6.07 Å². The highest BCUT2D eigenvalue weighted by Crippen LogP contribution is 2.29. The van der Waals surface area contributed by atoms with E-state index in [1.807, 2.05) is 6.07 Å². The summed E-state index contributed by atoms with van der Waals surface area (Å²) in [5.41, 5.74) is -0.00786. The fourth-order valence-corrected chi connectivity index (χ4v) is 3.04. The summed E-state index contributed by atoms with van der Waals surface area (Å²) < 4.78 is 57.2. The van der Waals surface area contributed by atoms with Gasteiger partial charge in [0.05, 0.1) is 42.3 Å². The highest BCUT2D eigenvalue weighted by atomic mass is 19.4. The number of nitriles is 1. The Kier molecular flexibility index (Phi) is 6.50. The van der Waals surface area contributed by atoms with Gasteiger partial charge in [-0.15, -0.1) is 0 Å². The van der Waals surface area contributed by atoms with Gasteiger partial charge in [0.2, 0.25) is 5.95 Å². The van der Waals surface area contributed by atoms with Gasteiger partial charge in [-0.1, -0.05) is 18.7 Å². The number of likely N-dealkylation sites (tertiary alicyclic amines) is 1. The number of nitrogens with one attached hydrogen (secondary N) is 1. The van der Waals surface area contributed by atoms with Crippen molar-refractivity contribution in [1.29, 1.82) is 5.26 Å². The molecule has 7 nitrogen and oxygen atoms in total. The summed E-state index contributed by atoms with van der Waals surface area (Å²) in [7, 11) is 0. The molecule has 0 saturated carbocycles. The minimum atomic E-state index is -4.43. The average molecular weight is 435 g/mol. The summed E-state index contributed by atoms with van der Waals surface area (Å²) >= 11 is 0. The highest BCUT2D eigenvalue weighted by Gasteiger charge is 2.37. The van der Waals surface area contributed by atoms with E-state index in [9.17, 15) is 22.4 Å². The van der Waals surface area contributed by atoms with Crippen LogP contribution in [-0.2, 0) is 22.3 Å². The Bertz CT molecular complexity index is 987. The number of benzene rings is 1. The number of carbonyl (C=O) groups is 1. The Morgan fingerprint density at radius 3 is 2.45 bits per heavy atom. The van der Waals surface area contributed by atoms with Gasteiger partial charge in [-0.25, -0.2) is 14.4 Å². The SMILES string of the molecule is C=C(F)C(=O)N1CC(Nc2ncc(C#N)cn2)C(OCc2ccc(C(F)(F)F)cc2)C1. The second-order valence-electron chi connectivity index (χ2n) is 6.82. The van der Waals surface area contributed by atoms with Gasteiger partial charge in [-0.2, -0.15) is 18.4 Å². The highest BCUT2D eigenvalue weighted by molar-refractivity contribution is 5.90. The van der Waals surface area contributed by atoms with E-state index >= 15 is 0 Å². The predicted molar refractivity (Wildman–Crippen MR) is 101 cm³/mol. The third kappa shape index (κ3) is 5.55. The number of alkyl halides is 3. The molecule has 2 atom stereocenters. The number of carbonyl (C=O) groups excluding carboxylic acids is 1. The summed E-state index contributed by atoms with van der Waals surface area (Å²) in [5.74, 6) is -1.81. The molecule has 1 aliphatic rings. The normalized spacial score (nSPS) is 18.5. The Balaban J connectivity index is 1.70. The molecule has 1 aromatic heterocycles. The van der Waals surface area contributed by atoms with Crippen LogP contribution in [0.1, 0.15) is 16.7 Å². The summed E-state index contributed by atoms with van der Waals surface area (Å²) in [5, 5.41) is 11.8. The standard InChI is InChI=1S/C20H17F4N5O2/c1-12(21)18(30)29-9-16(28-19-26-7-14(6-25)8-27-19)17(10-29)31-11-13-2-4-15(5-3-13)20(22,23)24/h2-5,7-8,16-17H,1,9-11H2,(H,26,27,28). The van der Waals surface area contributed by atoms with Crippen LogP contribution in [0.5, 0.6) is 0 Å². The van der Waals surface area contributed by atoms with E-state index in [-0.39, 0.29) is 31.2 Å². The van der Waals surface area contributed by atoms with Crippen molar-refractivity contribution in [3.05, 3.63) is 65.8 Å². The second-order valence-corrected chi connectivity index (χ2v) is 6.82. The molecule has 0 aliphatic carbocycles. The molecule has 1 fully saturated rings. The van der Waals surface area contributed by atoms with Crippen LogP contribution >= 0.6 is 0 Å². The van der Waals surface area contributed by atoms with Crippen LogP contribution in [0, 0.1) is 11.3 Å². The summed E-state index contributed by atoms with van der Waals surface area (Å²) in [6, 6.07) is 5.88. The third-order valence-corrected chi connectivity index (χ3v) is 4.63. The van der Waals surface area contributed by atoms with E-state index in [2.05, 4.69) is 21.9 Å². The van der Waals surface area contributed by atoms with Gasteiger partial charge in [0, 0.05) is 13.1 Å². The second kappa shape index (κ2) is 9.09. The van der Waals surface area contributed by atoms with E-state index in [1.54, 1.807) is 0 Å². The van der Waals surface area contributed by atoms with Crippen LogP contribution in [0.15, 0.2) is 49.1 Å². The van der Waals surface area contributed by atoms with Crippen LogP contribution in [0.25, 0.3) is 0 Å². The number of hydrogen-bond donors (Lipinski definition) is 1. The van der Waals surface area contributed by atoms with E-state index in [1.165, 1.54) is 29.4 Å². The molecule has 1 saturated heterocycles. The van der Waals surface area contributed by atoms with Crippen molar-refractivity contribution >= 4 is 11.9 Å². The molecule has 0 radical (unpaired) electrons. The number of hydrogen-bond acceptors (Lipinski definition) is 6. The molecular formula is C20H17F4N5O2. The summed E-state index contributed by atoms with van der Waals surface area (Å²) in [4.78, 5) is 21.2. The first-order valence-corrected chi connectivity index (χ1v) is 9.07. The smallest absolute Gasteiger partial charge is 0.369 e. The molecule has 2 unspecified atom stereocenters. The van der Waals surface area contributed by atoms with Gasteiger partial charge < -0.3 is 15.0 Å². The van der Waals surface area contributed by atoms with E-state index in [0.29, 0.717) is 5.56 Å². The molecular weight excluding hydrogens is 418 g/mol. The van der Waals surface area contributed by atoms with Gasteiger partial charge in [0.25, 0.3) is 5.91 Å². The molecule has 0 spiro atoms. The molecule has 0 bridgehead atoms. The molecule has 1 aliphatic heterocycles. The lowest BCUT2D eigenvalue weighted by molar-refractivity contribution is -0.137. The molecule has 162 valence electrons. The van der Waals surface area contributed by atoms with Crippen LogP contribution in [0.3, 0.4) is 0 Å². The van der Waals surface area contributed by atoms with Gasteiger partial charge in [0.1, 0.15) is 6.07 Å². The fraction of sp³-hybridized carbons (Fsp3) is 0.300. The third-order valence-electron chi connectivity index (χ3n) is 4.63. The molecule has 1 N–H and O–H groups in total. The number of amides is 1. The van der Waals surface area contributed by atoms with Gasteiger partial charge in [-0.3, -0.25) is 4.79 Å². The molecule has 2 heterocycles. The largest absolute Gasteiger partial charge is 0.416 e. The van der Waals surface area contributed by atoms with Crippen molar-refractivity contribution < 1.29 is 27.1 Å². The number of halogens is 4. The topological polar surface area (TPSA) is 91.1 Å². The van der Waals surface area contributed by atoms with Crippen LogP contribution < -0.4 is 5.32 Å². The van der Waals surface area contributed by atoms with Crippen LogP contribution in [0.4, 0.5) is 23.5 Å². The summed E-state index contributed by atoms with van der Waals surface area (Å²) in [6.07, 6.45) is -2.43. The summed E-state index contributed by atoms with van der Waals surface area (Å²) in [6.45, 7) is 3.10. The monoisotopic (exact) mass is 435 g/mol. The van der Waals surface area contributed by atoms with Crippen LogP contribution in [0.2, 0.25) is 0 Å². The molecule has 11 heteroatoms. The molecule has 1 amide bonds. The molecule has 2 aromatic rings. The maximum absolute atomic E-state index is 13.3. The van der Waals surface area contributed by atoms with E-state index in [0.717, 1.165) is 12.1 Å². The first-order valence-electron chi connectivity index (χ1n) is 9.07. The fourth-order valence-electron chi connectivity index (χ4n) is 3.04. The van der Waals surface area contributed by atoms with Crippen LogP contribution in [-0.4, -0.2) is 46.0 Å². The zero-order valence-corrected chi connectivity index (χ0v) is 16.1. The number of anilines is 1. The minimum absolute atomic E-state index is 0.0200. The van der Waals surface area contributed by atoms with Crippen molar-refractivity contribution in [2.24, 2.45) is 0 Å². The Morgan fingerprint density at radius 2 is 1.90 bits per heavy atom. The Hall–Kier alpha value is -3.52. The first kappa shape index (κ1) is 22.2. The number of nitrogens with zero attached hydrogens (tertiary/aromatic N) is 4. The quantitative estimate of drug-likeness (QED) is 0.554. The number of rotatable bonds is 6. The minimum Gasteiger partial charge on any atom is -0.369 e. The van der Waals surface area contributed by atoms with Crippen molar-refractivity contribution in [2.45, 2.75) is 24.9 Å². The zero-order chi connectivity index (χ0) is 22.6. The number of ether oxygens (including phenoxy) is 1. The van der Waals surface area contributed by atoms with E-state index < -0.39 is 35.6 Å². The lowest BCUT2D eigenvalue weighted by Crippen LogP contribution is -2.35. The van der Waals surface area contributed by atoms with Crippen molar-refractivity contribution in [1.82, 2.24) is 14.9 Å². The van der Waals surface area contributed by atoms with Gasteiger partial charge in [0.15, 0.2) is 5.83 Å². The van der Waals surface area contributed by atoms with Gasteiger partial charge in [-0.05, 0) is 17.7 Å². The predicted octanol–water partition coefficient (Wildman–Crippen LogP) is 3.06. The Morgan fingerprint density at radius 1 is 1.26 bits per heavy atom. The lowest BCUT2D eigenvalue weighted by atomic mass is 10.1. The molecule has 1 aromatic carbocycles. The molecule has 3 rings (SSSR count). The lowest BCUT2D eigenvalue weighted by Gasteiger charge is -2.20. The number of aromatic nitrogens is 2.